The van der Waals surface area contributed by atoms with Crippen molar-refractivity contribution < 1.29 is 0 Å². The van der Waals surface area contributed by atoms with E-state index >= 15 is 0 Å². The van der Waals surface area contributed by atoms with Gasteiger partial charge in [0.2, 0.25) is 0 Å². The summed E-state index contributed by atoms with van der Waals surface area (Å²) in [5.74, 6) is 0. The van der Waals surface area contributed by atoms with Gasteiger partial charge in [0.25, 0.3) is 0 Å². The quantitative estimate of drug-likeness (QED) is 0.582. The van der Waals surface area contributed by atoms with Gasteiger partial charge in [-0.2, -0.15) is 0 Å². The van der Waals surface area contributed by atoms with Crippen LogP contribution in [0.2, 0.25) is 0 Å². The van der Waals surface area contributed by atoms with E-state index in [9.17, 15) is 0 Å². The van der Waals surface area contributed by atoms with E-state index in [-0.39, 0.29) is 0 Å². The summed E-state index contributed by atoms with van der Waals surface area (Å²) < 4.78 is 0. The van der Waals surface area contributed by atoms with Crippen LogP contribution in [0.3, 0.4) is 0 Å². The Morgan fingerprint density at radius 1 is 0.850 bits per heavy atom. The lowest BCUT2D eigenvalue weighted by Crippen LogP contribution is -2.37. The van der Waals surface area contributed by atoms with Crippen LogP contribution in [-0.4, -0.2) is 24.0 Å². The van der Waals surface area contributed by atoms with Crippen LogP contribution in [0.1, 0.15) is 63.5 Å². The molecule has 1 heteroatoms. The van der Waals surface area contributed by atoms with Gasteiger partial charge in [0.05, 0.1) is 0 Å². The smallest absolute Gasteiger partial charge is 0.0176 e. The number of rotatable bonds is 9. The van der Waals surface area contributed by atoms with Crippen LogP contribution in [0.15, 0.2) is 24.3 Å². The van der Waals surface area contributed by atoms with Crippen molar-refractivity contribution in [1.29, 1.82) is 0 Å². The summed E-state index contributed by atoms with van der Waals surface area (Å²) in [6.45, 7) is 7.20. The van der Waals surface area contributed by atoms with Crippen molar-refractivity contribution in [3.8, 4) is 0 Å². The first kappa shape index (κ1) is 15.6. The number of hydrogen-bond donors (Lipinski definition) is 0. The minimum atomic E-state index is 0.765. The molecule has 0 fully saturated rings. The fourth-order valence-electron chi connectivity index (χ4n) is 3.40. The van der Waals surface area contributed by atoms with Gasteiger partial charge in [-0.05, 0) is 49.9 Å². The third kappa shape index (κ3) is 4.34. The zero-order valence-electron chi connectivity index (χ0n) is 13.4. The van der Waals surface area contributed by atoms with Crippen molar-refractivity contribution in [2.45, 2.75) is 71.3 Å². The van der Waals surface area contributed by atoms with Crippen molar-refractivity contribution >= 4 is 0 Å². The monoisotopic (exact) mass is 273 g/mol. The molecule has 20 heavy (non-hydrogen) atoms. The fourth-order valence-corrected chi connectivity index (χ4v) is 3.40. The van der Waals surface area contributed by atoms with E-state index in [4.69, 9.17) is 0 Å². The van der Waals surface area contributed by atoms with Gasteiger partial charge >= 0.3 is 0 Å². The molecular formula is C19H31N. The number of hydrogen-bond acceptors (Lipinski definition) is 1. The lowest BCUT2D eigenvalue weighted by molar-refractivity contribution is 0.193. The largest absolute Gasteiger partial charge is 0.300 e. The summed E-state index contributed by atoms with van der Waals surface area (Å²) >= 11 is 0. The van der Waals surface area contributed by atoms with Crippen LogP contribution in [0.25, 0.3) is 0 Å². The Kier molecular flexibility index (Phi) is 6.59. The molecule has 0 N–H and O–H groups in total. The maximum absolute atomic E-state index is 2.78. The van der Waals surface area contributed by atoms with Gasteiger partial charge in [-0.1, -0.05) is 63.8 Å². The zero-order valence-corrected chi connectivity index (χ0v) is 13.4. The second-order valence-corrected chi connectivity index (χ2v) is 6.28. The summed E-state index contributed by atoms with van der Waals surface area (Å²) in [4.78, 5) is 2.78. The topological polar surface area (TPSA) is 3.24 Å². The molecule has 0 atom stereocenters. The van der Waals surface area contributed by atoms with E-state index < -0.39 is 0 Å². The highest BCUT2D eigenvalue weighted by Crippen LogP contribution is 2.26. The van der Waals surface area contributed by atoms with Crippen LogP contribution in [0, 0.1) is 0 Å². The Morgan fingerprint density at radius 2 is 1.35 bits per heavy atom. The Morgan fingerprint density at radius 3 is 1.80 bits per heavy atom. The summed E-state index contributed by atoms with van der Waals surface area (Å²) in [5, 5.41) is 0. The molecule has 0 radical (unpaired) electrons. The maximum Gasteiger partial charge on any atom is 0.0176 e. The van der Waals surface area contributed by atoms with Crippen molar-refractivity contribution in [1.82, 2.24) is 4.90 Å². The third-order valence-corrected chi connectivity index (χ3v) is 4.64. The number of benzene rings is 1. The molecule has 1 aliphatic carbocycles. The normalized spacial score (nSPS) is 14.9. The molecule has 0 saturated carbocycles. The van der Waals surface area contributed by atoms with Gasteiger partial charge in [-0.25, -0.2) is 0 Å². The maximum atomic E-state index is 2.78. The highest BCUT2D eigenvalue weighted by molar-refractivity contribution is 5.33. The van der Waals surface area contributed by atoms with Crippen LogP contribution in [0.5, 0.6) is 0 Å². The zero-order chi connectivity index (χ0) is 14.2. The Bertz CT molecular complexity index is 350. The molecule has 0 aliphatic heterocycles. The van der Waals surface area contributed by atoms with Crippen LogP contribution >= 0.6 is 0 Å². The third-order valence-electron chi connectivity index (χ3n) is 4.64. The SMILES string of the molecule is CCCCCN(CCCCC)C1Cc2ccccc2C1. The Labute approximate surface area is 125 Å². The molecule has 0 amide bonds. The van der Waals surface area contributed by atoms with Crippen LogP contribution in [-0.2, 0) is 12.8 Å². The second kappa shape index (κ2) is 8.46. The number of fused-ring (bicyclic) bond motifs is 1. The molecule has 2 rings (SSSR count). The van der Waals surface area contributed by atoms with Gasteiger partial charge in [-0.3, -0.25) is 4.90 Å². The van der Waals surface area contributed by atoms with Crippen LogP contribution < -0.4 is 0 Å². The highest BCUT2D eigenvalue weighted by Gasteiger charge is 2.25. The molecule has 1 aromatic carbocycles. The fraction of sp³-hybridized carbons (Fsp3) is 0.684. The first-order valence-corrected chi connectivity index (χ1v) is 8.66. The molecule has 0 unspecified atom stereocenters. The van der Waals surface area contributed by atoms with Crippen molar-refractivity contribution in [2.75, 3.05) is 13.1 Å². The molecule has 0 saturated heterocycles. The molecule has 1 aliphatic rings. The molecular weight excluding hydrogens is 242 g/mol. The first-order chi connectivity index (χ1) is 9.85. The predicted octanol–water partition coefficient (Wildman–Crippen LogP) is 4.84. The van der Waals surface area contributed by atoms with Crippen molar-refractivity contribution in [3.63, 3.8) is 0 Å². The van der Waals surface area contributed by atoms with E-state index in [1.165, 1.54) is 64.5 Å². The summed E-state index contributed by atoms with van der Waals surface area (Å²) in [7, 11) is 0. The summed E-state index contributed by atoms with van der Waals surface area (Å²) in [5.41, 5.74) is 3.18. The van der Waals surface area contributed by atoms with Gasteiger partial charge in [-0.15, -0.1) is 0 Å². The van der Waals surface area contributed by atoms with Crippen molar-refractivity contribution in [2.24, 2.45) is 0 Å². The summed E-state index contributed by atoms with van der Waals surface area (Å²) in [6.07, 6.45) is 10.7. The van der Waals surface area contributed by atoms with Crippen molar-refractivity contribution in [3.05, 3.63) is 35.4 Å². The van der Waals surface area contributed by atoms with E-state index in [0.29, 0.717) is 0 Å². The van der Waals surface area contributed by atoms with Crippen LogP contribution in [0.4, 0.5) is 0 Å². The number of nitrogens with zero attached hydrogens (tertiary/aromatic N) is 1. The average Bonchev–Trinajstić information content (AvgIpc) is 2.89. The lowest BCUT2D eigenvalue weighted by atomic mass is 10.1. The molecule has 0 bridgehead atoms. The molecule has 0 spiro atoms. The molecule has 112 valence electrons. The Balaban J connectivity index is 1.89. The van der Waals surface area contributed by atoms with E-state index in [1.807, 2.05) is 0 Å². The average molecular weight is 273 g/mol. The van der Waals surface area contributed by atoms with E-state index in [2.05, 4.69) is 43.0 Å². The predicted molar refractivity (Wildman–Crippen MR) is 88.3 cm³/mol. The minimum absolute atomic E-state index is 0.765. The number of unbranched alkanes of at least 4 members (excludes halogenated alkanes) is 4. The Hall–Kier alpha value is -0.820. The molecule has 1 nitrogen and oxygen atoms in total. The lowest BCUT2D eigenvalue weighted by Gasteiger charge is -2.29. The molecule has 0 aromatic heterocycles. The van der Waals surface area contributed by atoms with Gasteiger partial charge < -0.3 is 0 Å². The standard InChI is InChI=1S/C19H31N/c1-3-5-9-13-20(14-10-6-4-2)19-15-17-11-7-8-12-18(17)16-19/h7-8,11-12,19H,3-6,9-10,13-16H2,1-2H3. The summed E-state index contributed by atoms with van der Waals surface area (Å²) in [6, 6.07) is 9.80. The van der Waals surface area contributed by atoms with Gasteiger partial charge in [0, 0.05) is 6.04 Å². The van der Waals surface area contributed by atoms with Gasteiger partial charge in [0.1, 0.15) is 0 Å². The van der Waals surface area contributed by atoms with E-state index in [0.717, 1.165) is 6.04 Å². The highest BCUT2D eigenvalue weighted by atomic mass is 15.2. The van der Waals surface area contributed by atoms with E-state index in [1.54, 1.807) is 11.1 Å². The minimum Gasteiger partial charge on any atom is -0.300 e. The van der Waals surface area contributed by atoms with Gasteiger partial charge in [0.15, 0.2) is 0 Å². The second-order valence-electron chi connectivity index (χ2n) is 6.28. The molecule has 0 heterocycles. The molecule has 1 aromatic rings. The first-order valence-electron chi connectivity index (χ1n) is 8.66.